The molecule has 2 N–H and O–H groups in total. The molecule has 1 aromatic heterocycles. The lowest BCUT2D eigenvalue weighted by atomic mass is 10.1. The van der Waals surface area contributed by atoms with Crippen molar-refractivity contribution in [1.29, 1.82) is 0 Å². The molecule has 23 heavy (non-hydrogen) atoms. The van der Waals surface area contributed by atoms with E-state index in [-0.39, 0.29) is 27.4 Å². The molecule has 1 aromatic carbocycles. The molecule has 3 amide bonds. The number of carbonyl (C=O) groups is 2. The van der Waals surface area contributed by atoms with Crippen LogP contribution in [0.2, 0.25) is 15.3 Å². The third kappa shape index (κ3) is 4.82. The lowest BCUT2D eigenvalue weighted by Gasteiger charge is -2.08. The van der Waals surface area contributed by atoms with Gasteiger partial charge in [0.05, 0.1) is 10.6 Å². The summed E-state index contributed by atoms with van der Waals surface area (Å²) in [6, 6.07) is 8.23. The van der Waals surface area contributed by atoms with Gasteiger partial charge in [-0.3, -0.25) is 10.1 Å². The van der Waals surface area contributed by atoms with Crippen LogP contribution in [0.3, 0.4) is 0 Å². The molecule has 120 valence electrons. The number of imide groups is 1. The number of carbonyl (C=O) groups excluding carboxylic acids is 2. The SMILES string of the molecule is Cc1ccc(CNC(=O)NC(=O)c2cc(Cl)c(Cl)nc2Cl)cc1. The van der Waals surface area contributed by atoms with E-state index < -0.39 is 11.9 Å². The number of nitrogens with one attached hydrogen (secondary N) is 2. The Kier molecular flexibility index (Phi) is 5.82. The van der Waals surface area contributed by atoms with Crippen LogP contribution in [0.4, 0.5) is 4.79 Å². The van der Waals surface area contributed by atoms with Gasteiger partial charge in [-0.25, -0.2) is 9.78 Å². The zero-order valence-electron chi connectivity index (χ0n) is 12.0. The van der Waals surface area contributed by atoms with Crippen molar-refractivity contribution in [2.45, 2.75) is 13.5 Å². The van der Waals surface area contributed by atoms with Gasteiger partial charge in [-0.05, 0) is 18.6 Å². The minimum absolute atomic E-state index is 0.0166. The number of benzene rings is 1. The Morgan fingerprint density at radius 3 is 2.39 bits per heavy atom. The van der Waals surface area contributed by atoms with E-state index in [1.54, 1.807) is 0 Å². The second kappa shape index (κ2) is 7.64. The largest absolute Gasteiger partial charge is 0.334 e. The van der Waals surface area contributed by atoms with Crippen molar-refractivity contribution >= 4 is 46.7 Å². The Balaban J connectivity index is 1.96. The molecule has 0 radical (unpaired) electrons. The summed E-state index contributed by atoms with van der Waals surface area (Å²) in [4.78, 5) is 27.5. The van der Waals surface area contributed by atoms with E-state index in [4.69, 9.17) is 34.8 Å². The van der Waals surface area contributed by atoms with Gasteiger partial charge in [0.2, 0.25) is 0 Å². The van der Waals surface area contributed by atoms with Crippen molar-refractivity contribution in [2.75, 3.05) is 0 Å². The zero-order valence-corrected chi connectivity index (χ0v) is 14.3. The Morgan fingerprint density at radius 2 is 1.74 bits per heavy atom. The number of aryl methyl sites for hydroxylation is 1. The Labute approximate surface area is 148 Å². The smallest absolute Gasteiger partial charge is 0.321 e. The molecule has 0 aliphatic heterocycles. The zero-order chi connectivity index (χ0) is 17.0. The molecule has 0 spiro atoms. The lowest BCUT2D eigenvalue weighted by Crippen LogP contribution is -2.39. The standard InChI is InChI=1S/C15H12Cl3N3O2/c1-8-2-4-9(5-3-8)7-19-15(23)21-14(22)10-6-11(16)13(18)20-12(10)17/h2-6H,7H2,1H3,(H2,19,21,22,23). The highest BCUT2D eigenvalue weighted by molar-refractivity contribution is 6.42. The van der Waals surface area contributed by atoms with Crippen LogP contribution in [0.15, 0.2) is 30.3 Å². The van der Waals surface area contributed by atoms with Crippen LogP contribution in [0.1, 0.15) is 21.5 Å². The second-order valence-corrected chi connectivity index (χ2v) is 5.85. The van der Waals surface area contributed by atoms with Crippen molar-refractivity contribution < 1.29 is 9.59 Å². The van der Waals surface area contributed by atoms with E-state index in [1.165, 1.54) is 6.07 Å². The van der Waals surface area contributed by atoms with Crippen molar-refractivity contribution in [3.63, 3.8) is 0 Å². The van der Waals surface area contributed by atoms with Crippen LogP contribution < -0.4 is 10.6 Å². The molecule has 0 atom stereocenters. The molecular formula is C15H12Cl3N3O2. The monoisotopic (exact) mass is 371 g/mol. The lowest BCUT2D eigenvalue weighted by molar-refractivity contribution is 0.0963. The number of nitrogens with zero attached hydrogens (tertiary/aromatic N) is 1. The van der Waals surface area contributed by atoms with Crippen molar-refractivity contribution in [2.24, 2.45) is 0 Å². The number of halogens is 3. The fourth-order valence-corrected chi connectivity index (χ4v) is 2.27. The topological polar surface area (TPSA) is 71.1 Å². The molecule has 0 aliphatic rings. The maximum absolute atomic E-state index is 12.0. The van der Waals surface area contributed by atoms with E-state index in [2.05, 4.69) is 15.6 Å². The number of pyridine rings is 1. The summed E-state index contributed by atoms with van der Waals surface area (Å²) < 4.78 is 0. The van der Waals surface area contributed by atoms with E-state index in [0.29, 0.717) is 0 Å². The summed E-state index contributed by atoms with van der Waals surface area (Å²) in [7, 11) is 0. The van der Waals surface area contributed by atoms with Gasteiger partial charge >= 0.3 is 6.03 Å². The van der Waals surface area contributed by atoms with Gasteiger partial charge in [-0.2, -0.15) is 0 Å². The van der Waals surface area contributed by atoms with Crippen molar-refractivity contribution in [1.82, 2.24) is 15.6 Å². The fraction of sp³-hybridized carbons (Fsp3) is 0.133. The Hall–Kier alpha value is -1.82. The first-order valence-corrected chi connectivity index (χ1v) is 7.66. The highest BCUT2D eigenvalue weighted by Gasteiger charge is 2.17. The van der Waals surface area contributed by atoms with Crippen LogP contribution in [0, 0.1) is 6.92 Å². The normalized spacial score (nSPS) is 10.3. The van der Waals surface area contributed by atoms with Gasteiger partial charge < -0.3 is 5.32 Å². The van der Waals surface area contributed by atoms with Gasteiger partial charge in [0.15, 0.2) is 0 Å². The third-order valence-electron chi connectivity index (χ3n) is 2.93. The molecule has 1 heterocycles. The third-order valence-corrected chi connectivity index (χ3v) is 3.89. The predicted molar refractivity (Wildman–Crippen MR) is 90.1 cm³/mol. The average molecular weight is 373 g/mol. The molecule has 0 saturated carbocycles. The quantitative estimate of drug-likeness (QED) is 0.800. The molecule has 5 nitrogen and oxygen atoms in total. The first kappa shape index (κ1) is 17.5. The minimum Gasteiger partial charge on any atom is -0.334 e. The maximum Gasteiger partial charge on any atom is 0.321 e. The molecule has 2 aromatic rings. The number of urea groups is 1. The number of hydrogen-bond acceptors (Lipinski definition) is 3. The summed E-state index contributed by atoms with van der Waals surface area (Å²) in [5.74, 6) is -0.720. The van der Waals surface area contributed by atoms with Crippen molar-refractivity contribution in [3.05, 3.63) is 62.4 Å². The molecule has 8 heteroatoms. The molecule has 0 bridgehead atoms. The molecule has 0 aliphatic carbocycles. The summed E-state index contributed by atoms with van der Waals surface area (Å²) in [5, 5.41) is 4.64. The number of hydrogen-bond donors (Lipinski definition) is 2. The van der Waals surface area contributed by atoms with Crippen LogP contribution >= 0.6 is 34.8 Å². The summed E-state index contributed by atoms with van der Waals surface area (Å²) in [5.41, 5.74) is 1.99. The summed E-state index contributed by atoms with van der Waals surface area (Å²) >= 11 is 17.3. The molecular weight excluding hydrogens is 361 g/mol. The van der Waals surface area contributed by atoms with Gasteiger partial charge in [-0.1, -0.05) is 64.6 Å². The van der Waals surface area contributed by atoms with Gasteiger partial charge in [-0.15, -0.1) is 0 Å². The Morgan fingerprint density at radius 1 is 1.09 bits per heavy atom. The van der Waals surface area contributed by atoms with Crippen LogP contribution in [0.25, 0.3) is 0 Å². The molecule has 2 rings (SSSR count). The van der Waals surface area contributed by atoms with Gasteiger partial charge in [0, 0.05) is 6.54 Å². The second-order valence-electron chi connectivity index (χ2n) is 4.72. The summed E-state index contributed by atoms with van der Waals surface area (Å²) in [6.45, 7) is 2.25. The summed E-state index contributed by atoms with van der Waals surface area (Å²) in [6.07, 6.45) is 0. The van der Waals surface area contributed by atoms with Crippen LogP contribution in [-0.2, 0) is 6.54 Å². The maximum atomic E-state index is 12.0. The van der Waals surface area contributed by atoms with E-state index in [1.807, 2.05) is 31.2 Å². The van der Waals surface area contributed by atoms with Crippen LogP contribution in [0.5, 0.6) is 0 Å². The highest BCUT2D eigenvalue weighted by Crippen LogP contribution is 2.25. The van der Waals surface area contributed by atoms with E-state index in [9.17, 15) is 9.59 Å². The van der Waals surface area contributed by atoms with Gasteiger partial charge in [0.1, 0.15) is 10.3 Å². The fourth-order valence-electron chi connectivity index (χ4n) is 1.71. The first-order valence-electron chi connectivity index (χ1n) is 6.53. The minimum atomic E-state index is -0.720. The van der Waals surface area contributed by atoms with E-state index >= 15 is 0 Å². The van der Waals surface area contributed by atoms with Crippen molar-refractivity contribution in [3.8, 4) is 0 Å². The Bertz CT molecular complexity index is 748. The van der Waals surface area contributed by atoms with Crippen LogP contribution in [-0.4, -0.2) is 16.9 Å². The number of amides is 3. The first-order chi connectivity index (χ1) is 10.9. The molecule has 0 fully saturated rings. The number of rotatable bonds is 3. The number of aromatic nitrogens is 1. The molecule has 0 unspecified atom stereocenters. The van der Waals surface area contributed by atoms with E-state index in [0.717, 1.165) is 11.1 Å². The molecule has 0 saturated heterocycles. The average Bonchev–Trinajstić information content (AvgIpc) is 2.50. The van der Waals surface area contributed by atoms with Gasteiger partial charge in [0.25, 0.3) is 5.91 Å². The predicted octanol–water partition coefficient (Wildman–Crippen LogP) is 3.99. The highest BCUT2D eigenvalue weighted by atomic mass is 35.5.